The second-order valence-electron chi connectivity index (χ2n) is 7.53. The molecule has 0 saturated carbocycles. The smallest absolute Gasteiger partial charge is 0.264 e. The molecule has 1 N–H and O–H groups in total. The Balaban J connectivity index is 1.96. The molecule has 0 heterocycles. The van der Waals surface area contributed by atoms with Gasteiger partial charge in [-0.1, -0.05) is 42.0 Å². The van der Waals surface area contributed by atoms with Gasteiger partial charge in [0.15, 0.2) is 0 Å². The van der Waals surface area contributed by atoms with Gasteiger partial charge < -0.3 is 5.32 Å². The van der Waals surface area contributed by atoms with E-state index in [9.17, 15) is 13.2 Å². The number of sulfonamides is 1. The van der Waals surface area contributed by atoms with E-state index < -0.39 is 15.9 Å². The van der Waals surface area contributed by atoms with Crippen molar-refractivity contribution in [2.24, 2.45) is 0 Å². The van der Waals surface area contributed by atoms with Crippen LogP contribution in [0.2, 0.25) is 0 Å². The molecule has 30 heavy (non-hydrogen) atoms. The number of anilines is 2. The molecule has 156 valence electrons. The Labute approximate surface area is 178 Å². The first-order valence-corrected chi connectivity index (χ1v) is 11.1. The van der Waals surface area contributed by atoms with Crippen molar-refractivity contribution in [3.8, 4) is 0 Å². The van der Waals surface area contributed by atoms with Gasteiger partial charge in [-0.3, -0.25) is 9.10 Å². The number of hydrogen-bond donors (Lipinski definition) is 1. The van der Waals surface area contributed by atoms with E-state index in [0.717, 1.165) is 26.6 Å². The largest absolute Gasteiger partial charge is 0.324 e. The highest BCUT2D eigenvalue weighted by Crippen LogP contribution is 2.25. The third kappa shape index (κ3) is 4.89. The predicted octanol–water partition coefficient (Wildman–Crippen LogP) is 4.75. The van der Waals surface area contributed by atoms with Gasteiger partial charge in [0.2, 0.25) is 5.91 Å². The van der Waals surface area contributed by atoms with E-state index in [2.05, 4.69) is 5.32 Å². The summed E-state index contributed by atoms with van der Waals surface area (Å²) in [6.07, 6.45) is 0. The molecule has 6 heteroatoms. The van der Waals surface area contributed by atoms with E-state index in [0.29, 0.717) is 11.4 Å². The van der Waals surface area contributed by atoms with Crippen LogP contribution in [0.15, 0.2) is 71.6 Å². The summed E-state index contributed by atoms with van der Waals surface area (Å²) in [4.78, 5) is 13.0. The summed E-state index contributed by atoms with van der Waals surface area (Å²) >= 11 is 0. The van der Waals surface area contributed by atoms with Gasteiger partial charge in [0.1, 0.15) is 6.54 Å². The predicted molar refractivity (Wildman–Crippen MR) is 121 cm³/mol. The number of aryl methyl sites for hydroxylation is 4. The Morgan fingerprint density at radius 1 is 0.833 bits per heavy atom. The Kier molecular flexibility index (Phi) is 6.27. The van der Waals surface area contributed by atoms with Gasteiger partial charge in [-0.2, -0.15) is 0 Å². The molecule has 0 fully saturated rings. The Morgan fingerprint density at radius 2 is 1.47 bits per heavy atom. The van der Waals surface area contributed by atoms with Crippen LogP contribution in [0.3, 0.4) is 0 Å². The first kappa shape index (κ1) is 21.6. The summed E-state index contributed by atoms with van der Waals surface area (Å²) in [5.74, 6) is -0.402. The van der Waals surface area contributed by atoms with Crippen LogP contribution < -0.4 is 9.62 Å². The van der Waals surface area contributed by atoms with E-state index in [1.807, 2.05) is 52.0 Å². The van der Waals surface area contributed by atoms with E-state index in [4.69, 9.17) is 0 Å². The fourth-order valence-corrected chi connectivity index (χ4v) is 4.54. The summed E-state index contributed by atoms with van der Waals surface area (Å²) in [5.41, 5.74) is 4.93. The van der Waals surface area contributed by atoms with Crippen molar-refractivity contribution in [1.82, 2.24) is 0 Å². The molecular formula is C24H26N2O3S. The standard InChI is InChI=1S/C24H26N2O3S/c1-17-9-12-22(13-10-17)30(28,29)26(21-7-5-6-18(2)14-21)16-24(27)25-23-15-19(3)8-11-20(23)4/h5-15H,16H2,1-4H3,(H,25,27). The molecule has 3 aromatic rings. The summed E-state index contributed by atoms with van der Waals surface area (Å²) in [7, 11) is -3.92. The number of nitrogens with one attached hydrogen (secondary N) is 1. The van der Waals surface area contributed by atoms with Crippen LogP contribution in [-0.4, -0.2) is 20.9 Å². The van der Waals surface area contributed by atoms with Crippen molar-refractivity contribution in [2.45, 2.75) is 32.6 Å². The molecule has 0 unspecified atom stereocenters. The summed E-state index contributed by atoms with van der Waals surface area (Å²) in [6, 6.07) is 19.5. The Hall–Kier alpha value is -3.12. The number of carbonyl (C=O) groups is 1. The van der Waals surface area contributed by atoms with E-state index in [1.54, 1.807) is 42.5 Å². The van der Waals surface area contributed by atoms with Gasteiger partial charge in [0.25, 0.3) is 10.0 Å². The Morgan fingerprint density at radius 3 is 2.13 bits per heavy atom. The molecule has 0 aromatic heterocycles. The van der Waals surface area contributed by atoms with Crippen LogP contribution in [0.25, 0.3) is 0 Å². The average Bonchev–Trinajstić information content (AvgIpc) is 2.69. The van der Waals surface area contributed by atoms with Crippen molar-refractivity contribution in [1.29, 1.82) is 0 Å². The van der Waals surface area contributed by atoms with E-state index >= 15 is 0 Å². The molecule has 0 atom stereocenters. The average molecular weight is 423 g/mol. The van der Waals surface area contributed by atoms with Gasteiger partial charge in [-0.05, 0) is 74.7 Å². The highest BCUT2D eigenvalue weighted by Gasteiger charge is 2.27. The second kappa shape index (κ2) is 8.71. The number of amides is 1. The Bertz CT molecular complexity index is 1170. The normalized spacial score (nSPS) is 11.2. The fraction of sp³-hybridized carbons (Fsp3) is 0.208. The fourth-order valence-electron chi connectivity index (χ4n) is 3.13. The molecule has 5 nitrogen and oxygen atoms in total. The quantitative estimate of drug-likeness (QED) is 0.623. The minimum absolute atomic E-state index is 0.147. The van der Waals surface area contributed by atoms with Crippen LogP contribution >= 0.6 is 0 Å². The summed E-state index contributed by atoms with van der Waals surface area (Å²) < 4.78 is 28.0. The zero-order valence-electron chi connectivity index (χ0n) is 17.6. The van der Waals surface area contributed by atoms with Crippen molar-refractivity contribution < 1.29 is 13.2 Å². The maximum Gasteiger partial charge on any atom is 0.264 e. The number of benzene rings is 3. The van der Waals surface area contributed by atoms with Gasteiger partial charge >= 0.3 is 0 Å². The molecule has 0 saturated heterocycles. The second-order valence-corrected chi connectivity index (χ2v) is 9.39. The first-order chi connectivity index (χ1) is 14.2. The molecule has 3 aromatic carbocycles. The lowest BCUT2D eigenvalue weighted by molar-refractivity contribution is -0.114. The maximum absolute atomic E-state index is 13.4. The van der Waals surface area contributed by atoms with Crippen LogP contribution in [0, 0.1) is 27.7 Å². The maximum atomic E-state index is 13.4. The first-order valence-electron chi connectivity index (χ1n) is 9.70. The highest BCUT2D eigenvalue weighted by molar-refractivity contribution is 7.92. The third-order valence-electron chi connectivity index (χ3n) is 4.85. The van der Waals surface area contributed by atoms with Crippen molar-refractivity contribution in [3.63, 3.8) is 0 Å². The SMILES string of the molecule is Cc1ccc(S(=O)(=O)N(CC(=O)Nc2cc(C)ccc2C)c2cccc(C)c2)cc1. The molecule has 0 spiro atoms. The topological polar surface area (TPSA) is 66.5 Å². The number of carbonyl (C=O) groups excluding carboxylic acids is 1. The van der Waals surface area contributed by atoms with Crippen molar-refractivity contribution in [3.05, 3.63) is 89.0 Å². The molecule has 0 bridgehead atoms. The molecule has 0 aliphatic carbocycles. The zero-order valence-corrected chi connectivity index (χ0v) is 18.5. The van der Waals surface area contributed by atoms with Crippen molar-refractivity contribution in [2.75, 3.05) is 16.2 Å². The molecule has 1 amide bonds. The lowest BCUT2D eigenvalue weighted by atomic mass is 10.1. The summed E-state index contributed by atoms with van der Waals surface area (Å²) in [6.45, 7) is 7.29. The lowest BCUT2D eigenvalue weighted by Crippen LogP contribution is -2.38. The monoisotopic (exact) mass is 422 g/mol. The zero-order chi connectivity index (χ0) is 21.9. The third-order valence-corrected chi connectivity index (χ3v) is 6.64. The van der Waals surface area contributed by atoms with Crippen LogP contribution in [-0.2, 0) is 14.8 Å². The van der Waals surface area contributed by atoms with Crippen LogP contribution in [0.5, 0.6) is 0 Å². The van der Waals surface area contributed by atoms with E-state index in [1.165, 1.54) is 0 Å². The lowest BCUT2D eigenvalue weighted by Gasteiger charge is -2.24. The summed E-state index contributed by atoms with van der Waals surface area (Å²) in [5, 5.41) is 2.85. The molecule has 3 rings (SSSR count). The van der Waals surface area contributed by atoms with Crippen molar-refractivity contribution >= 4 is 27.3 Å². The van der Waals surface area contributed by atoms with Crippen LogP contribution in [0.1, 0.15) is 22.3 Å². The number of rotatable bonds is 6. The molecular weight excluding hydrogens is 396 g/mol. The minimum atomic E-state index is -3.92. The highest BCUT2D eigenvalue weighted by atomic mass is 32.2. The minimum Gasteiger partial charge on any atom is -0.324 e. The van der Waals surface area contributed by atoms with Gasteiger partial charge in [-0.15, -0.1) is 0 Å². The number of hydrogen-bond acceptors (Lipinski definition) is 3. The molecule has 0 aliphatic heterocycles. The molecule has 0 aliphatic rings. The molecule has 0 radical (unpaired) electrons. The van der Waals surface area contributed by atoms with E-state index in [-0.39, 0.29) is 11.4 Å². The van der Waals surface area contributed by atoms with Crippen LogP contribution in [0.4, 0.5) is 11.4 Å². The number of nitrogens with zero attached hydrogens (tertiary/aromatic N) is 1. The van der Waals surface area contributed by atoms with Gasteiger partial charge in [0.05, 0.1) is 10.6 Å². The van der Waals surface area contributed by atoms with Gasteiger partial charge in [-0.25, -0.2) is 8.42 Å². The van der Waals surface area contributed by atoms with Gasteiger partial charge in [0, 0.05) is 5.69 Å².